The van der Waals surface area contributed by atoms with Crippen LogP contribution in [0.2, 0.25) is 0 Å². The molecule has 0 N–H and O–H groups in total. The molecule has 0 amide bonds. The predicted molar refractivity (Wildman–Crippen MR) is 65.7 cm³/mol. The lowest BCUT2D eigenvalue weighted by Crippen LogP contribution is -1.86. The highest BCUT2D eigenvalue weighted by Crippen LogP contribution is 2.14. The monoisotopic (exact) mass is 196 g/mol. The van der Waals surface area contributed by atoms with Gasteiger partial charge in [0.2, 0.25) is 0 Å². The Labute approximate surface area is 91.6 Å². The Morgan fingerprint density at radius 2 is 1.87 bits per heavy atom. The number of hydrogen-bond acceptors (Lipinski definition) is 0. The van der Waals surface area contributed by atoms with Crippen LogP contribution in [0.5, 0.6) is 0 Å². The SMILES string of the molecule is CC1=CC=C(Cc2ccccc2)C=CC1. The molecular formula is C15H16. The molecule has 1 aromatic carbocycles. The van der Waals surface area contributed by atoms with E-state index in [-0.39, 0.29) is 0 Å². The second kappa shape index (κ2) is 4.79. The highest BCUT2D eigenvalue weighted by Gasteiger charge is 1.97. The summed E-state index contributed by atoms with van der Waals surface area (Å²) >= 11 is 0. The average molecular weight is 196 g/mol. The average Bonchev–Trinajstić information content (AvgIpc) is 2.46. The van der Waals surface area contributed by atoms with Crippen molar-refractivity contribution in [3.63, 3.8) is 0 Å². The topological polar surface area (TPSA) is 0 Å². The predicted octanol–water partition coefficient (Wildman–Crippen LogP) is 4.06. The fourth-order valence-electron chi connectivity index (χ4n) is 1.72. The first-order valence-corrected chi connectivity index (χ1v) is 5.41. The zero-order chi connectivity index (χ0) is 10.5. The van der Waals surface area contributed by atoms with E-state index in [2.05, 4.69) is 61.6 Å². The molecule has 15 heavy (non-hydrogen) atoms. The summed E-state index contributed by atoms with van der Waals surface area (Å²) in [6.45, 7) is 2.17. The van der Waals surface area contributed by atoms with Crippen molar-refractivity contribution < 1.29 is 0 Å². The van der Waals surface area contributed by atoms with Gasteiger partial charge in [-0.1, -0.05) is 60.2 Å². The van der Waals surface area contributed by atoms with Gasteiger partial charge in [0.15, 0.2) is 0 Å². The first-order valence-electron chi connectivity index (χ1n) is 5.41. The van der Waals surface area contributed by atoms with Crippen molar-refractivity contribution >= 4 is 0 Å². The van der Waals surface area contributed by atoms with Gasteiger partial charge in [0, 0.05) is 0 Å². The summed E-state index contributed by atoms with van der Waals surface area (Å²) in [6, 6.07) is 10.6. The van der Waals surface area contributed by atoms with Gasteiger partial charge < -0.3 is 0 Å². The minimum Gasteiger partial charge on any atom is -0.0802 e. The molecule has 0 atom stereocenters. The van der Waals surface area contributed by atoms with Gasteiger partial charge in [-0.15, -0.1) is 0 Å². The van der Waals surface area contributed by atoms with Gasteiger partial charge in [-0.3, -0.25) is 0 Å². The molecule has 76 valence electrons. The van der Waals surface area contributed by atoms with E-state index >= 15 is 0 Å². The van der Waals surface area contributed by atoms with Crippen LogP contribution in [0.1, 0.15) is 18.9 Å². The third kappa shape index (κ3) is 2.95. The van der Waals surface area contributed by atoms with Gasteiger partial charge in [0.05, 0.1) is 0 Å². The lowest BCUT2D eigenvalue weighted by molar-refractivity contribution is 1.19. The maximum Gasteiger partial charge on any atom is -0.00259 e. The maximum atomic E-state index is 2.24. The van der Waals surface area contributed by atoms with E-state index in [0.717, 1.165) is 12.8 Å². The lowest BCUT2D eigenvalue weighted by Gasteiger charge is -2.00. The quantitative estimate of drug-likeness (QED) is 0.669. The second-order valence-electron chi connectivity index (χ2n) is 4.02. The van der Waals surface area contributed by atoms with Crippen LogP contribution < -0.4 is 0 Å². The molecule has 2 rings (SSSR count). The van der Waals surface area contributed by atoms with E-state index in [1.165, 1.54) is 16.7 Å². The zero-order valence-corrected chi connectivity index (χ0v) is 9.11. The van der Waals surface area contributed by atoms with E-state index in [0.29, 0.717) is 0 Å². The Morgan fingerprint density at radius 3 is 2.67 bits per heavy atom. The molecule has 1 aliphatic rings. The summed E-state index contributed by atoms with van der Waals surface area (Å²) in [5.74, 6) is 0. The van der Waals surface area contributed by atoms with Crippen LogP contribution in [-0.2, 0) is 6.42 Å². The minimum absolute atomic E-state index is 1.03. The van der Waals surface area contributed by atoms with Crippen LogP contribution >= 0.6 is 0 Å². The number of rotatable bonds is 2. The molecule has 0 aliphatic heterocycles. The Morgan fingerprint density at radius 1 is 1.07 bits per heavy atom. The summed E-state index contributed by atoms with van der Waals surface area (Å²) in [6.07, 6.45) is 11.0. The van der Waals surface area contributed by atoms with Gasteiger partial charge in [0.25, 0.3) is 0 Å². The van der Waals surface area contributed by atoms with E-state index < -0.39 is 0 Å². The van der Waals surface area contributed by atoms with Crippen molar-refractivity contribution in [2.45, 2.75) is 19.8 Å². The Bertz CT molecular complexity index is 405. The standard InChI is InChI=1S/C15H16/c1-13-6-5-9-15(11-10-13)12-14-7-3-2-4-8-14/h2-5,7-11H,6,12H2,1H3. The molecule has 0 radical (unpaired) electrons. The number of hydrogen-bond donors (Lipinski definition) is 0. The van der Waals surface area contributed by atoms with E-state index in [9.17, 15) is 0 Å². The highest BCUT2D eigenvalue weighted by molar-refractivity contribution is 5.34. The summed E-state index contributed by atoms with van der Waals surface area (Å²) < 4.78 is 0. The van der Waals surface area contributed by atoms with Crippen molar-refractivity contribution in [1.29, 1.82) is 0 Å². The van der Waals surface area contributed by atoms with Crippen LogP contribution in [0, 0.1) is 0 Å². The van der Waals surface area contributed by atoms with Gasteiger partial charge in [-0.05, 0) is 30.9 Å². The Balaban J connectivity index is 2.13. The summed E-state index contributed by atoms with van der Waals surface area (Å²) in [4.78, 5) is 0. The zero-order valence-electron chi connectivity index (χ0n) is 9.11. The third-order valence-electron chi connectivity index (χ3n) is 2.60. The molecule has 0 saturated carbocycles. The van der Waals surface area contributed by atoms with Gasteiger partial charge in [-0.25, -0.2) is 0 Å². The lowest BCUT2D eigenvalue weighted by atomic mass is 10.0. The summed E-state index contributed by atoms with van der Waals surface area (Å²) in [5.41, 5.74) is 4.19. The molecule has 0 spiro atoms. The van der Waals surface area contributed by atoms with Crippen LogP contribution in [0.3, 0.4) is 0 Å². The van der Waals surface area contributed by atoms with E-state index in [4.69, 9.17) is 0 Å². The van der Waals surface area contributed by atoms with Crippen molar-refractivity contribution in [3.8, 4) is 0 Å². The molecule has 0 aromatic heterocycles. The number of benzene rings is 1. The first kappa shape index (κ1) is 9.97. The van der Waals surface area contributed by atoms with Crippen molar-refractivity contribution in [1.82, 2.24) is 0 Å². The molecule has 0 heterocycles. The van der Waals surface area contributed by atoms with Crippen LogP contribution in [0.15, 0.2) is 65.8 Å². The van der Waals surface area contributed by atoms with Gasteiger partial charge in [-0.2, -0.15) is 0 Å². The molecule has 0 fully saturated rings. The molecule has 0 saturated heterocycles. The Hall–Kier alpha value is -1.56. The largest absolute Gasteiger partial charge is 0.0802 e. The first-order chi connectivity index (χ1) is 7.34. The molecule has 0 nitrogen and oxygen atoms in total. The Kier molecular flexibility index (Phi) is 3.18. The second-order valence-corrected chi connectivity index (χ2v) is 4.02. The van der Waals surface area contributed by atoms with E-state index in [1.807, 2.05) is 0 Å². The molecule has 0 bridgehead atoms. The minimum atomic E-state index is 1.03. The van der Waals surface area contributed by atoms with Crippen LogP contribution in [0.4, 0.5) is 0 Å². The van der Waals surface area contributed by atoms with Crippen molar-refractivity contribution in [3.05, 3.63) is 71.3 Å². The van der Waals surface area contributed by atoms with Gasteiger partial charge >= 0.3 is 0 Å². The normalized spacial score (nSPS) is 15.5. The maximum absolute atomic E-state index is 2.24. The fourth-order valence-corrected chi connectivity index (χ4v) is 1.72. The molecular weight excluding hydrogens is 180 g/mol. The summed E-state index contributed by atoms with van der Waals surface area (Å²) in [7, 11) is 0. The molecule has 1 aromatic rings. The van der Waals surface area contributed by atoms with Crippen LogP contribution in [0.25, 0.3) is 0 Å². The molecule has 0 unspecified atom stereocenters. The summed E-state index contributed by atoms with van der Waals surface area (Å²) in [5, 5.41) is 0. The van der Waals surface area contributed by atoms with Crippen LogP contribution in [-0.4, -0.2) is 0 Å². The third-order valence-corrected chi connectivity index (χ3v) is 2.60. The molecule has 1 aliphatic carbocycles. The van der Waals surface area contributed by atoms with E-state index in [1.54, 1.807) is 0 Å². The van der Waals surface area contributed by atoms with Crippen molar-refractivity contribution in [2.75, 3.05) is 0 Å². The smallest absolute Gasteiger partial charge is 0.00259 e. The van der Waals surface area contributed by atoms with Gasteiger partial charge in [0.1, 0.15) is 0 Å². The highest BCUT2D eigenvalue weighted by atomic mass is 14.0. The number of allylic oxidation sites excluding steroid dienone is 6. The fraction of sp³-hybridized carbons (Fsp3) is 0.200. The van der Waals surface area contributed by atoms with Crippen molar-refractivity contribution in [2.24, 2.45) is 0 Å². The molecule has 0 heteroatoms.